The van der Waals surface area contributed by atoms with E-state index in [0.29, 0.717) is 11.0 Å². The zero-order valence-electron chi connectivity index (χ0n) is 17.8. The lowest BCUT2D eigenvalue weighted by Gasteiger charge is -2.20. The molecule has 0 radical (unpaired) electrons. The Hall–Kier alpha value is -3.16. The number of aromatic amines is 1. The largest absolute Gasteiger partial charge is 0.417 e. The smallest absolute Gasteiger partial charge is 0.387 e. The van der Waals surface area contributed by atoms with Crippen LogP contribution in [0.15, 0.2) is 72.8 Å². The first-order chi connectivity index (χ1) is 15.9. The van der Waals surface area contributed by atoms with Crippen LogP contribution in [0.25, 0.3) is 22.4 Å². The van der Waals surface area contributed by atoms with Gasteiger partial charge in [0.25, 0.3) is 0 Å². The SMILES string of the molecule is O[C@H](c1ccccc1)[C@H]1CC[C@@H](Cc2ccc3nc(-c4ccccc4C(F)(F)F)[nH]c3c2)N1. The van der Waals surface area contributed by atoms with Crippen molar-refractivity contribution in [3.8, 4) is 11.4 Å². The summed E-state index contributed by atoms with van der Waals surface area (Å²) in [5, 5.41) is 14.2. The zero-order chi connectivity index (χ0) is 23.0. The summed E-state index contributed by atoms with van der Waals surface area (Å²) in [6.07, 6.45) is -2.41. The van der Waals surface area contributed by atoms with Crippen LogP contribution in [0, 0.1) is 0 Å². The van der Waals surface area contributed by atoms with Crippen LogP contribution in [0.3, 0.4) is 0 Å². The lowest BCUT2D eigenvalue weighted by atomic mass is 10.0. The molecule has 7 heteroatoms. The lowest BCUT2D eigenvalue weighted by molar-refractivity contribution is -0.137. The zero-order valence-corrected chi connectivity index (χ0v) is 17.8. The van der Waals surface area contributed by atoms with Crippen LogP contribution >= 0.6 is 0 Å². The second kappa shape index (κ2) is 8.65. The van der Waals surface area contributed by atoms with Gasteiger partial charge in [-0.25, -0.2) is 4.98 Å². The van der Waals surface area contributed by atoms with Gasteiger partial charge in [0.2, 0.25) is 0 Å². The van der Waals surface area contributed by atoms with Crippen LogP contribution < -0.4 is 5.32 Å². The summed E-state index contributed by atoms with van der Waals surface area (Å²) in [6, 6.07) is 21.1. The van der Waals surface area contributed by atoms with Crippen molar-refractivity contribution in [3.05, 3.63) is 89.5 Å². The number of aliphatic hydroxyl groups excluding tert-OH is 1. The molecule has 33 heavy (non-hydrogen) atoms. The van der Waals surface area contributed by atoms with Crippen LogP contribution in [0.1, 0.15) is 35.6 Å². The highest BCUT2D eigenvalue weighted by atomic mass is 19.4. The summed E-state index contributed by atoms with van der Waals surface area (Å²) < 4.78 is 40.2. The lowest BCUT2D eigenvalue weighted by Crippen LogP contribution is -2.35. The van der Waals surface area contributed by atoms with Crippen molar-refractivity contribution in [2.45, 2.75) is 43.6 Å². The average Bonchev–Trinajstić information content (AvgIpc) is 3.45. The van der Waals surface area contributed by atoms with Crippen molar-refractivity contribution < 1.29 is 18.3 Å². The van der Waals surface area contributed by atoms with Crippen molar-refractivity contribution >= 4 is 11.0 Å². The van der Waals surface area contributed by atoms with Gasteiger partial charge < -0.3 is 15.4 Å². The van der Waals surface area contributed by atoms with E-state index in [1.165, 1.54) is 12.1 Å². The topological polar surface area (TPSA) is 60.9 Å². The molecule has 5 rings (SSSR count). The summed E-state index contributed by atoms with van der Waals surface area (Å²) in [4.78, 5) is 7.46. The van der Waals surface area contributed by atoms with Crippen LogP contribution in [-0.2, 0) is 12.6 Å². The van der Waals surface area contributed by atoms with Crippen molar-refractivity contribution in [2.75, 3.05) is 0 Å². The molecule has 1 fully saturated rings. The fourth-order valence-corrected chi connectivity index (χ4v) is 4.68. The first-order valence-electron chi connectivity index (χ1n) is 11.0. The minimum absolute atomic E-state index is 0.00115. The molecule has 0 spiro atoms. The van der Waals surface area contributed by atoms with Gasteiger partial charge in [-0.1, -0.05) is 54.6 Å². The molecule has 4 nitrogen and oxygen atoms in total. The number of hydrogen-bond donors (Lipinski definition) is 3. The third kappa shape index (κ3) is 4.51. The Morgan fingerprint density at radius 1 is 0.970 bits per heavy atom. The van der Waals surface area contributed by atoms with E-state index in [0.717, 1.165) is 36.5 Å². The van der Waals surface area contributed by atoms with Gasteiger partial charge in [0.1, 0.15) is 5.82 Å². The van der Waals surface area contributed by atoms with Crippen LogP contribution in [0.2, 0.25) is 0 Å². The summed E-state index contributed by atoms with van der Waals surface area (Å²) in [6.45, 7) is 0. The maximum Gasteiger partial charge on any atom is 0.417 e. The van der Waals surface area contributed by atoms with E-state index in [1.807, 2.05) is 48.5 Å². The fraction of sp³-hybridized carbons (Fsp3) is 0.269. The minimum Gasteiger partial charge on any atom is -0.387 e. The number of aliphatic hydroxyl groups is 1. The molecule has 3 aromatic carbocycles. The van der Waals surface area contributed by atoms with Gasteiger partial charge >= 0.3 is 6.18 Å². The summed E-state index contributed by atoms with van der Waals surface area (Å²) in [5.41, 5.74) is 2.64. The van der Waals surface area contributed by atoms with Crippen LogP contribution in [0.4, 0.5) is 13.2 Å². The predicted molar refractivity (Wildman–Crippen MR) is 122 cm³/mol. The first-order valence-corrected chi connectivity index (χ1v) is 11.0. The van der Waals surface area contributed by atoms with Crippen molar-refractivity contribution in [1.82, 2.24) is 15.3 Å². The molecule has 170 valence electrons. The summed E-state index contributed by atoms with van der Waals surface area (Å²) >= 11 is 0. The maximum atomic E-state index is 13.4. The number of rotatable bonds is 5. The number of H-pyrrole nitrogens is 1. The standard InChI is InChI=1S/C26H24F3N3O/c27-26(28,29)20-9-5-4-8-19(20)25-31-21-12-10-16(15-23(21)32-25)14-18-11-13-22(30-18)24(33)17-6-2-1-3-7-17/h1-10,12,15,18,22,24,30,33H,11,13-14H2,(H,31,32)/t18-,22+,24+/m0/s1. The number of alkyl halides is 3. The molecular formula is C26H24F3N3O. The molecule has 1 aliphatic rings. The third-order valence-corrected chi connectivity index (χ3v) is 6.31. The Kier molecular flexibility index (Phi) is 5.68. The van der Waals surface area contributed by atoms with Gasteiger partial charge in [-0.3, -0.25) is 0 Å². The Morgan fingerprint density at radius 3 is 2.52 bits per heavy atom. The van der Waals surface area contributed by atoms with E-state index < -0.39 is 17.8 Å². The number of fused-ring (bicyclic) bond motifs is 1. The van der Waals surface area contributed by atoms with Gasteiger partial charge in [0.15, 0.2) is 0 Å². The number of nitrogens with one attached hydrogen (secondary N) is 2. The molecule has 1 aliphatic heterocycles. The fourth-order valence-electron chi connectivity index (χ4n) is 4.68. The molecule has 2 heterocycles. The van der Waals surface area contributed by atoms with Crippen molar-refractivity contribution in [3.63, 3.8) is 0 Å². The summed E-state index contributed by atoms with van der Waals surface area (Å²) in [5.74, 6) is 0.208. The van der Waals surface area contributed by atoms with Gasteiger partial charge in [0.05, 0.1) is 22.7 Å². The Morgan fingerprint density at radius 2 is 1.73 bits per heavy atom. The van der Waals surface area contributed by atoms with Gasteiger partial charge in [-0.05, 0) is 48.6 Å². The average molecular weight is 451 g/mol. The number of imidazole rings is 1. The molecule has 0 aliphatic carbocycles. The normalized spacial score (nSPS) is 19.8. The monoisotopic (exact) mass is 451 g/mol. The van der Waals surface area contributed by atoms with Gasteiger partial charge in [-0.2, -0.15) is 13.2 Å². The second-order valence-corrected chi connectivity index (χ2v) is 8.59. The number of hydrogen-bond acceptors (Lipinski definition) is 3. The van der Waals surface area contributed by atoms with Gasteiger partial charge in [0, 0.05) is 17.6 Å². The molecular weight excluding hydrogens is 427 g/mol. The maximum absolute atomic E-state index is 13.4. The highest BCUT2D eigenvalue weighted by Gasteiger charge is 2.34. The molecule has 3 atom stereocenters. The van der Waals surface area contributed by atoms with E-state index in [4.69, 9.17) is 0 Å². The molecule has 4 aromatic rings. The first kappa shape index (κ1) is 21.7. The molecule has 3 N–H and O–H groups in total. The number of benzene rings is 3. The number of aromatic nitrogens is 2. The number of nitrogens with zero attached hydrogens (tertiary/aromatic N) is 1. The Labute approximate surface area is 189 Å². The molecule has 1 aromatic heterocycles. The van der Waals surface area contributed by atoms with E-state index >= 15 is 0 Å². The highest BCUT2D eigenvalue weighted by molar-refractivity contribution is 5.80. The highest BCUT2D eigenvalue weighted by Crippen LogP contribution is 2.36. The second-order valence-electron chi connectivity index (χ2n) is 8.59. The molecule has 0 bridgehead atoms. The number of halogens is 3. The molecule has 1 saturated heterocycles. The Bertz CT molecular complexity index is 1250. The minimum atomic E-state index is -4.45. The van der Waals surface area contributed by atoms with E-state index in [-0.39, 0.29) is 23.5 Å². The van der Waals surface area contributed by atoms with Crippen LogP contribution in [0.5, 0.6) is 0 Å². The van der Waals surface area contributed by atoms with Crippen molar-refractivity contribution in [1.29, 1.82) is 0 Å². The molecule has 0 amide bonds. The quantitative estimate of drug-likeness (QED) is 0.368. The third-order valence-electron chi connectivity index (χ3n) is 6.31. The van der Waals surface area contributed by atoms with Gasteiger partial charge in [-0.15, -0.1) is 0 Å². The molecule has 0 saturated carbocycles. The van der Waals surface area contributed by atoms with E-state index in [9.17, 15) is 18.3 Å². The van der Waals surface area contributed by atoms with Crippen molar-refractivity contribution in [2.24, 2.45) is 0 Å². The predicted octanol–water partition coefficient (Wildman–Crippen LogP) is 5.65. The summed E-state index contributed by atoms with van der Waals surface area (Å²) in [7, 11) is 0. The van der Waals surface area contributed by atoms with E-state index in [1.54, 1.807) is 6.07 Å². The van der Waals surface area contributed by atoms with E-state index in [2.05, 4.69) is 15.3 Å². The van der Waals surface area contributed by atoms with Crippen LogP contribution in [-0.4, -0.2) is 27.2 Å². The molecule has 0 unspecified atom stereocenters. The Balaban J connectivity index is 1.32.